The van der Waals surface area contributed by atoms with Crippen LogP contribution in [0.3, 0.4) is 0 Å². The highest BCUT2D eigenvalue weighted by Gasteiger charge is 2.17. The molecule has 4 rings (SSSR count). The number of rotatable bonds is 5. The number of amides is 2. The molecule has 9 heteroatoms. The average Bonchev–Trinajstić information content (AvgIpc) is 3.18. The van der Waals surface area contributed by atoms with Crippen molar-refractivity contribution in [3.8, 4) is 16.9 Å². The standard InChI is InChI=1S/C23H22N4O2S.2ClH/c1-15-9-10-16(13-24-15)14-27(2)23(28)26-22-25-20-19(29-3)12-11-18(21(20)30-22)17-7-5-4-6-8-17;;/h4-13H,14H2,1-3H3,(H,25,26,28);2*1H. The highest BCUT2D eigenvalue weighted by molar-refractivity contribution is 7.23. The van der Waals surface area contributed by atoms with Crippen LogP contribution in [-0.2, 0) is 6.54 Å². The molecule has 2 heterocycles. The normalized spacial score (nSPS) is 10.1. The van der Waals surface area contributed by atoms with Gasteiger partial charge in [-0.25, -0.2) is 9.78 Å². The predicted octanol–water partition coefficient (Wildman–Crippen LogP) is 6.18. The Balaban J connectivity index is 0.00000181. The number of anilines is 1. The maximum Gasteiger partial charge on any atom is 0.323 e. The van der Waals surface area contributed by atoms with Gasteiger partial charge in [-0.2, -0.15) is 0 Å². The van der Waals surface area contributed by atoms with Crippen LogP contribution in [0.1, 0.15) is 11.3 Å². The van der Waals surface area contributed by atoms with Crippen LogP contribution in [-0.4, -0.2) is 35.1 Å². The monoisotopic (exact) mass is 490 g/mol. The molecule has 0 aliphatic carbocycles. The molecule has 0 radical (unpaired) electrons. The molecule has 6 nitrogen and oxygen atoms in total. The number of ether oxygens (including phenoxy) is 1. The fourth-order valence-corrected chi connectivity index (χ4v) is 4.18. The Labute approximate surface area is 203 Å². The van der Waals surface area contributed by atoms with Gasteiger partial charge in [0.25, 0.3) is 0 Å². The third-order valence-corrected chi connectivity index (χ3v) is 5.77. The minimum absolute atomic E-state index is 0. The summed E-state index contributed by atoms with van der Waals surface area (Å²) in [6.45, 7) is 2.40. The summed E-state index contributed by atoms with van der Waals surface area (Å²) in [4.78, 5) is 23.2. The van der Waals surface area contributed by atoms with Crippen molar-refractivity contribution in [2.75, 3.05) is 19.5 Å². The second kappa shape index (κ2) is 11.1. The number of halogens is 2. The summed E-state index contributed by atoms with van der Waals surface area (Å²) < 4.78 is 6.46. The number of fused-ring (bicyclic) bond motifs is 1. The van der Waals surface area contributed by atoms with Gasteiger partial charge in [0.15, 0.2) is 5.13 Å². The van der Waals surface area contributed by atoms with Crippen LogP contribution in [0.5, 0.6) is 5.75 Å². The molecule has 0 fully saturated rings. The van der Waals surface area contributed by atoms with E-state index in [1.54, 1.807) is 25.3 Å². The summed E-state index contributed by atoms with van der Waals surface area (Å²) in [6, 6.07) is 17.7. The van der Waals surface area contributed by atoms with Crippen molar-refractivity contribution in [3.05, 3.63) is 72.1 Å². The maximum absolute atomic E-state index is 12.7. The molecular formula is C23H24Cl2N4O2S. The van der Waals surface area contributed by atoms with E-state index in [0.29, 0.717) is 17.4 Å². The number of nitrogens with one attached hydrogen (secondary N) is 1. The molecule has 168 valence electrons. The number of hydrogen-bond donors (Lipinski definition) is 1. The van der Waals surface area contributed by atoms with Crippen LogP contribution in [0.4, 0.5) is 9.93 Å². The van der Waals surface area contributed by atoms with Gasteiger partial charge in [-0.15, -0.1) is 24.8 Å². The molecule has 32 heavy (non-hydrogen) atoms. The fourth-order valence-electron chi connectivity index (χ4n) is 3.17. The highest BCUT2D eigenvalue weighted by atomic mass is 35.5. The van der Waals surface area contributed by atoms with E-state index in [1.165, 1.54) is 11.3 Å². The lowest BCUT2D eigenvalue weighted by Crippen LogP contribution is -2.30. The summed E-state index contributed by atoms with van der Waals surface area (Å²) in [5.74, 6) is 0.681. The van der Waals surface area contributed by atoms with Crippen molar-refractivity contribution < 1.29 is 9.53 Å². The first-order valence-corrected chi connectivity index (χ1v) is 10.3. The summed E-state index contributed by atoms with van der Waals surface area (Å²) >= 11 is 1.44. The van der Waals surface area contributed by atoms with Crippen molar-refractivity contribution in [3.63, 3.8) is 0 Å². The number of carbonyl (C=O) groups is 1. The van der Waals surface area contributed by atoms with E-state index < -0.39 is 0 Å². The zero-order valence-electron chi connectivity index (χ0n) is 17.9. The topological polar surface area (TPSA) is 67.3 Å². The van der Waals surface area contributed by atoms with Crippen LogP contribution < -0.4 is 10.1 Å². The summed E-state index contributed by atoms with van der Waals surface area (Å²) in [7, 11) is 3.37. The first-order valence-electron chi connectivity index (χ1n) is 9.52. The van der Waals surface area contributed by atoms with Crippen LogP contribution in [0.2, 0.25) is 0 Å². The number of thiazole rings is 1. The maximum atomic E-state index is 12.7. The number of nitrogens with zero attached hydrogens (tertiary/aromatic N) is 3. The molecule has 0 atom stereocenters. The lowest BCUT2D eigenvalue weighted by Gasteiger charge is -2.16. The van der Waals surface area contributed by atoms with Crippen LogP contribution in [0.15, 0.2) is 60.8 Å². The molecule has 2 aromatic carbocycles. The lowest BCUT2D eigenvalue weighted by atomic mass is 10.1. The molecule has 0 bridgehead atoms. The Kier molecular flexibility index (Phi) is 8.83. The minimum Gasteiger partial charge on any atom is -0.494 e. The zero-order valence-corrected chi connectivity index (χ0v) is 20.3. The molecule has 2 amide bonds. The highest BCUT2D eigenvalue weighted by Crippen LogP contribution is 2.39. The van der Waals surface area contributed by atoms with E-state index in [0.717, 1.165) is 32.6 Å². The Hall–Kier alpha value is -2.87. The average molecular weight is 491 g/mol. The van der Waals surface area contributed by atoms with Crippen molar-refractivity contribution in [2.24, 2.45) is 0 Å². The number of methoxy groups -OCH3 is 1. The van der Waals surface area contributed by atoms with E-state index in [1.807, 2.05) is 49.4 Å². The number of hydrogen-bond acceptors (Lipinski definition) is 5. The minimum atomic E-state index is -0.227. The van der Waals surface area contributed by atoms with Crippen molar-refractivity contribution in [2.45, 2.75) is 13.5 Å². The van der Waals surface area contributed by atoms with Crippen LogP contribution in [0.25, 0.3) is 21.3 Å². The largest absolute Gasteiger partial charge is 0.494 e. The van der Waals surface area contributed by atoms with E-state index in [-0.39, 0.29) is 30.8 Å². The summed E-state index contributed by atoms with van der Waals surface area (Å²) in [6.07, 6.45) is 1.79. The van der Waals surface area contributed by atoms with E-state index in [9.17, 15) is 4.79 Å². The van der Waals surface area contributed by atoms with Crippen molar-refractivity contribution in [1.82, 2.24) is 14.9 Å². The van der Waals surface area contributed by atoms with Crippen LogP contribution >= 0.6 is 36.2 Å². The second-order valence-electron chi connectivity index (χ2n) is 6.97. The van der Waals surface area contributed by atoms with Gasteiger partial charge >= 0.3 is 6.03 Å². The quantitative estimate of drug-likeness (QED) is 0.362. The first kappa shape index (κ1) is 25.4. The fraction of sp³-hybridized carbons (Fsp3) is 0.174. The van der Waals surface area contributed by atoms with Crippen LogP contribution in [0, 0.1) is 6.92 Å². The molecule has 2 aromatic heterocycles. The van der Waals surface area contributed by atoms with Gasteiger partial charge in [0.1, 0.15) is 11.3 Å². The van der Waals surface area contributed by atoms with E-state index in [4.69, 9.17) is 4.74 Å². The molecule has 0 aliphatic rings. The Morgan fingerprint density at radius 2 is 1.84 bits per heavy atom. The molecule has 4 aromatic rings. The number of urea groups is 1. The van der Waals surface area contributed by atoms with Gasteiger partial charge in [-0.05, 0) is 36.2 Å². The number of benzene rings is 2. The Bertz CT molecular complexity index is 1180. The molecule has 0 saturated heterocycles. The third kappa shape index (κ3) is 5.48. The molecule has 0 spiro atoms. The van der Waals surface area contributed by atoms with E-state index in [2.05, 4.69) is 27.4 Å². The molecule has 0 saturated carbocycles. The summed E-state index contributed by atoms with van der Waals surface area (Å²) in [5.41, 5.74) is 4.81. The lowest BCUT2D eigenvalue weighted by molar-refractivity contribution is 0.220. The van der Waals surface area contributed by atoms with Gasteiger partial charge in [0, 0.05) is 31.0 Å². The van der Waals surface area contributed by atoms with Gasteiger partial charge < -0.3 is 9.64 Å². The summed E-state index contributed by atoms with van der Waals surface area (Å²) in [5, 5.41) is 3.44. The molecule has 0 unspecified atom stereocenters. The number of carbonyl (C=O) groups excluding carboxylic acids is 1. The van der Waals surface area contributed by atoms with Crippen molar-refractivity contribution >= 4 is 57.5 Å². The van der Waals surface area contributed by atoms with Gasteiger partial charge in [0.2, 0.25) is 0 Å². The smallest absolute Gasteiger partial charge is 0.323 e. The van der Waals surface area contributed by atoms with Gasteiger partial charge in [0.05, 0.1) is 11.8 Å². The number of aromatic nitrogens is 2. The Morgan fingerprint density at radius 3 is 2.50 bits per heavy atom. The number of aryl methyl sites for hydroxylation is 1. The van der Waals surface area contributed by atoms with Crippen molar-refractivity contribution in [1.29, 1.82) is 0 Å². The van der Waals surface area contributed by atoms with Gasteiger partial charge in [-0.3, -0.25) is 10.3 Å². The Morgan fingerprint density at radius 1 is 1.09 bits per heavy atom. The second-order valence-corrected chi connectivity index (χ2v) is 7.97. The molecular weight excluding hydrogens is 467 g/mol. The first-order chi connectivity index (χ1) is 14.5. The zero-order chi connectivity index (χ0) is 21.1. The predicted molar refractivity (Wildman–Crippen MR) is 136 cm³/mol. The van der Waals surface area contributed by atoms with E-state index >= 15 is 0 Å². The molecule has 0 aliphatic heterocycles. The number of pyridine rings is 1. The van der Waals surface area contributed by atoms with Gasteiger partial charge in [-0.1, -0.05) is 47.7 Å². The SMILES string of the molecule is COc1ccc(-c2ccccc2)c2sc(NC(=O)N(C)Cc3ccc(C)nc3)nc12.Cl.Cl. The third-order valence-electron chi connectivity index (χ3n) is 4.76. The molecule has 1 N–H and O–H groups in total.